The third-order valence-corrected chi connectivity index (χ3v) is 6.42. The third kappa shape index (κ3) is 4.40. The Morgan fingerprint density at radius 2 is 2.15 bits per heavy atom. The van der Waals surface area contributed by atoms with Gasteiger partial charge in [-0.2, -0.15) is 0 Å². The summed E-state index contributed by atoms with van der Waals surface area (Å²) < 4.78 is 32.6. The molecule has 0 saturated carbocycles. The molecule has 140 valence electrons. The van der Waals surface area contributed by atoms with Gasteiger partial charge in [-0.1, -0.05) is 0 Å². The number of carbonyl (C=O) groups is 1. The maximum absolute atomic E-state index is 12.4. The molecular formula is C17H21N3O4S2. The highest BCUT2D eigenvalue weighted by atomic mass is 32.2. The number of sulfonamides is 1. The maximum Gasteiger partial charge on any atom is 0.273 e. The molecule has 3 rings (SSSR count). The van der Waals surface area contributed by atoms with Gasteiger partial charge in [-0.05, 0) is 43.0 Å². The van der Waals surface area contributed by atoms with Crippen molar-refractivity contribution < 1.29 is 17.9 Å². The Morgan fingerprint density at radius 1 is 1.38 bits per heavy atom. The van der Waals surface area contributed by atoms with Gasteiger partial charge >= 0.3 is 0 Å². The van der Waals surface area contributed by atoms with Gasteiger partial charge in [0, 0.05) is 25.0 Å². The molecular weight excluding hydrogens is 374 g/mol. The summed E-state index contributed by atoms with van der Waals surface area (Å²) in [6.45, 7) is 1.51. The van der Waals surface area contributed by atoms with Gasteiger partial charge in [0.2, 0.25) is 10.0 Å². The molecule has 7 nitrogen and oxygen atoms in total. The number of amides is 1. The predicted octanol–water partition coefficient (Wildman–Crippen LogP) is 1.98. The predicted molar refractivity (Wildman–Crippen MR) is 98.9 cm³/mol. The van der Waals surface area contributed by atoms with E-state index in [9.17, 15) is 13.2 Å². The van der Waals surface area contributed by atoms with Crippen molar-refractivity contribution in [1.29, 1.82) is 0 Å². The Morgan fingerprint density at radius 3 is 2.81 bits per heavy atom. The monoisotopic (exact) mass is 395 g/mol. The molecule has 2 aromatic rings. The van der Waals surface area contributed by atoms with E-state index in [1.165, 1.54) is 30.6 Å². The lowest BCUT2D eigenvalue weighted by molar-refractivity contribution is 0.0671. The molecule has 9 heteroatoms. The minimum Gasteiger partial charge on any atom is -0.497 e. The van der Waals surface area contributed by atoms with Gasteiger partial charge in [0.25, 0.3) is 5.91 Å². The third-order valence-electron chi connectivity index (χ3n) is 4.39. The molecule has 1 saturated heterocycles. The first-order valence-corrected chi connectivity index (χ1v) is 10.7. The van der Waals surface area contributed by atoms with Crippen molar-refractivity contribution >= 4 is 27.3 Å². The van der Waals surface area contributed by atoms with E-state index in [1.54, 1.807) is 27.9 Å². The molecule has 1 aromatic heterocycles. The van der Waals surface area contributed by atoms with E-state index in [0.29, 0.717) is 31.1 Å². The number of hydrogen-bond donors (Lipinski definition) is 1. The number of thiazole rings is 1. The lowest BCUT2D eigenvalue weighted by Crippen LogP contribution is -2.43. The second-order valence-electron chi connectivity index (χ2n) is 6.16. The van der Waals surface area contributed by atoms with Gasteiger partial charge in [0.1, 0.15) is 11.4 Å². The van der Waals surface area contributed by atoms with Crippen LogP contribution in [0.3, 0.4) is 0 Å². The Balaban J connectivity index is 1.59. The number of rotatable bonds is 6. The van der Waals surface area contributed by atoms with Gasteiger partial charge in [0.15, 0.2) is 0 Å². The van der Waals surface area contributed by atoms with Gasteiger partial charge in [0.05, 0.1) is 17.5 Å². The van der Waals surface area contributed by atoms with Crippen molar-refractivity contribution in [3.8, 4) is 5.75 Å². The zero-order chi connectivity index (χ0) is 18.6. The summed E-state index contributed by atoms with van der Waals surface area (Å²) in [4.78, 5) is 18.4. The number of benzene rings is 1. The fraction of sp³-hybridized carbons (Fsp3) is 0.412. The summed E-state index contributed by atoms with van der Waals surface area (Å²) in [7, 11) is -2.05. The average molecular weight is 396 g/mol. The van der Waals surface area contributed by atoms with Crippen molar-refractivity contribution in [3.05, 3.63) is 40.8 Å². The van der Waals surface area contributed by atoms with Crippen LogP contribution >= 0.6 is 11.3 Å². The normalized spacial score (nSPS) is 17.9. The van der Waals surface area contributed by atoms with Crippen molar-refractivity contribution in [3.63, 3.8) is 0 Å². The quantitative estimate of drug-likeness (QED) is 0.808. The molecule has 2 heterocycles. The van der Waals surface area contributed by atoms with E-state index < -0.39 is 10.0 Å². The van der Waals surface area contributed by atoms with Crippen LogP contribution in [-0.2, 0) is 10.0 Å². The minimum atomic E-state index is -3.59. The molecule has 1 aliphatic heterocycles. The largest absolute Gasteiger partial charge is 0.497 e. The number of ether oxygens (including phenoxy) is 1. The zero-order valence-electron chi connectivity index (χ0n) is 14.4. The Hall–Kier alpha value is -1.97. The van der Waals surface area contributed by atoms with Crippen LogP contribution in [0.25, 0.3) is 0 Å². The smallest absolute Gasteiger partial charge is 0.273 e. The summed E-state index contributed by atoms with van der Waals surface area (Å²) in [5.74, 6) is 0.598. The minimum absolute atomic E-state index is 0.0827. The average Bonchev–Trinajstić information content (AvgIpc) is 3.21. The number of carbonyl (C=O) groups excluding carboxylic acids is 1. The summed E-state index contributed by atoms with van der Waals surface area (Å²) >= 11 is 1.39. The van der Waals surface area contributed by atoms with E-state index in [1.807, 2.05) is 0 Å². The van der Waals surface area contributed by atoms with Crippen molar-refractivity contribution in [2.75, 3.05) is 26.7 Å². The SMILES string of the molecule is COc1ccc(S(=O)(=O)NCC2CCCN(C(=O)c3cscn3)C2)cc1. The zero-order valence-corrected chi connectivity index (χ0v) is 16.1. The number of likely N-dealkylation sites (tertiary alicyclic amines) is 1. The lowest BCUT2D eigenvalue weighted by atomic mass is 9.98. The van der Waals surface area contributed by atoms with Crippen LogP contribution in [0, 0.1) is 5.92 Å². The van der Waals surface area contributed by atoms with Crippen LogP contribution in [0.1, 0.15) is 23.3 Å². The maximum atomic E-state index is 12.4. The summed E-state index contributed by atoms with van der Waals surface area (Å²) in [5.41, 5.74) is 2.09. The van der Waals surface area contributed by atoms with Gasteiger partial charge in [-0.15, -0.1) is 11.3 Å². The van der Waals surface area contributed by atoms with Crippen LogP contribution in [-0.4, -0.2) is 51.0 Å². The molecule has 1 unspecified atom stereocenters. The topological polar surface area (TPSA) is 88.6 Å². The van der Waals surface area contributed by atoms with Crippen molar-refractivity contribution in [1.82, 2.24) is 14.6 Å². The number of aromatic nitrogens is 1. The molecule has 1 fully saturated rings. The second kappa shape index (κ2) is 8.15. The molecule has 1 amide bonds. The fourth-order valence-corrected chi connectivity index (χ4v) is 4.60. The molecule has 0 bridgehead atoms. The number of piperidine rings is 1. The summed E-state index contributed by atoms with van der Waals surface area (Å²) in [6, 6.07) is 6.26. The molecule has 26 heavy (non-hydrogen) atoms. The molecule has 1 aliphatic rings. The highest BCUT2D eigenvalue weighted by molar-refractivity contribution is 7.89. The number of methoxy groups -OCH3 is 1. The first-order valence-electron chi connectivity index (χ1n) is 8.31. The van der Waals surface area contributed by atoms with E-state index in [2.05, 4.69) is 9.71 Å². The van der Waals surface area contributed by atoms with Crippen molar-refractivity contribution in [2.45, 2.75) is 17.7 Å². The van der Waals surface area contributed by atoms with Gasteiger partial charge < -0.3 is 9.64 Å². The number of nitrogens with zero attached hydrogens (tertiary/aromatic N) is 2. The lowest BCUT2D eigenvalue weighted by Gasteiger charge is -2.32. The van der Waals surface area contributed by atoms with Crippen LogP contribution in [0.4, 0.5) is 0 Å². The molecule has 1 atom stereocenters. The van der Waals surface area contributed by atoms with Crippen molar-refractivity contribution in [2.24, 2.45) is 5.92 Å². The Labute approximate surface area is 157 Å². The molecule has 0 spiro atoms. The first-order chi connectivity index (χ1) is 12.5. The molecule has 0 radical (unpaired) electrons. The highest BCUT2D eigenvalue weighted by Crippen LogP contribution is 2.20. The van der Waals surface area contributed by atoms with E-state index in [-0.39, 0.29) is 16.7 Å². The fourth-order valence-electron chi connectivity index (χ4n) is 2.96. The number of nitrogens with one attached hydrogen (secondary N) is 1. The number of hydrogen-bond acceptors (Lipinski definition) is 6. The summed E-state index contributed by atoms with van der Waals surface area (Å²) in [5, 5.41) is 1.73. The van der Waals surface area contributed by atoms with E-state index in [4.69, 9.17) is 4.74 Å². The van der Waals surface area contributed by atoms with Crippen LogP contribution in [0.5, 0.6) is 5.75 Å². The highest BCUT2D eigenvalue weighted by Gasteiger charge is 2.26. The Kier molecular flexibility index (Phi) is 5.90. The second-order valence-corrected chi connectivity index (χ2v) is 8.65. The molecule has 1 N–H and O–H groups in total. The molecule has 1 aromatic carbocycles. The summed E-state index contributed by atoms with van der Waals surface area (Å²) in [6.07, 6.45) is 1.73. The van der Waals surface area contributed by atoms with Gasteiger partial charge in [-0.25, -0.2) is 18.1 Å². The Bertz CT molecular complexity index is 835. The standard InChI is InChI=1S/C17H21N3O4S2/c1-24-14-4-6-15(7-5-14)26(22,23)19-9-13-3-2-8-20(10-13)17(21)16-11-25-12-18-16/h4-7,11-13,19H,2-3,8-10H2,1H3. The van der Waals surface area contributed by atoms with E-state index >= 15 is 0 Å². The first kappa shape index (κ1) is 18.8. The van der Waals surface area contributed by atoms with E-state index in [0.717, 1.165) is 12.8 Å². The van der Waals surface area contributed by atoms with Gasteiger partial charge in [-0.3, -0.25) is 4.79 Å². The van der Waals surface area contributed by atoms with Crippen LogP contribution in [0.2, 0.25) is 0 Å². The van der Waals surface area contributed by atoms with Crippen LogP contribution in [0.15, 0.2) is 40.1 Å². The molecule has 0 aliphatic carbocycles. The van der Waals surface area contributed by atoms with Crippen LogP contribution < -0.4 is 9.46 Å².